The average molecular weight is 482 g/mol. The van der Waals surface area contributed by atoms with Gasteiger partial charge in [-0.3, -0.25) is 9.78 Å². The number of nitrogens with zero attached hydrogens (tertiary/aromatic N) is 1. The lowest BCUT2D eigenvalue weighted by atomic mass is 10.1. The number of carbonyl (C=O) groups is 2. The Morgan fingerprint density at radius 2 is 2.06 bits per heavy atom. The molecule has 1 unspecified atom stereocenters. The topological polar surface area (TPSA) is 98.8 Å². The number of pyridine rings is 1. The number of nitrogens with one attached hydrogen (secondary N) is 2. The number of hydrogen-bond acceptors (Lipinski definition) is 8. The molecule has 3 aromatic rings. The number of rotatable bonds is 10. The van der Waals surface area contributed by atoms with E-state index < -0.39 is 12.1 Å². The molecule has 4 rings (SSSR count). The number of thiophene rings is 1. The van der Waals surface area contributed by atoms with Crippen LogP contribution in [0.5, 0.6) is 11.5 Å². The van der Waals surface area contributed by atoms with Crippen LogP contribution in [0, 0.1) is 0 Å². The SMILES string of the molecule is CCOC(=O)COc1ccc(C(CNC(=O)c2cc3c(s2)CCNC3)Oc2cccnc2)cc1. The molecule has 1 aliphatic rings. The van der Waals surface area contributed by atoms with Crippen LogP contribution in [-0.4, -0.2) is 43.2 Å². The number of esters is 1. The lowest BCUT2D eigenvalue weighted by Gasteiger charge is -2.20. The first-order valence-corrected chi connectivity index (χ1v) is 12.0. The van der Waals surface area contributed by atoms with Gasteiger partial charge in [0.05, 0.1) is 24.2 Å². The average Bonchev–Trinajstić information content (AvgIpc) is 3.31. The van der Waals surface area contributed by atoms with Gasteiger partial charge in [0.2, 0.25) is 0 Å². The summed E-state index contributed by atoms with van der Waals surface area (Å²) in [6.07, 6.45) is 3.81. The second kappa shape index (κ2) is 11.6. The highest BCUT2D eigenvalue weighted by Gasteiger charge is 2.20. The van der Waals surface area contributed by atoms with E-state index in [0.717, 1.165) is 25.1 Å². The highest BCUT2D eigenvalue weighted by molar-refractivity contribution is 7.14. The number of benzene rings is 1. The van der Waals surface area contributed by atoms with E-state index in [-0.39, 0.29) is 19.1 Å². The van der Waals surface area contributed by atoms with E-state index in [4.69, 9.17) is 14.2 Å². The van der Waals surface area contributed by atoms with Crippen LogP contribution in [0.4, 0.5) is 0 Å². The zero-order valence-corrected chi connectivity index (χ0v) is 19.7. The number of hydrogen-bond donors (Lipinski definition) is 2. The van der Waals surface area contributed by atoms with Crippen molar-refractivity contribution in [1.82, 2.24) is 15.6 Å². The van der Waals surface area contributed by atoms with Gasteiger partial charge in [0, 0.05) is 24.2 Å². The van der Waals surface area contributed by atoms with Crippen molar-refractivity contribution in [2.24, 2.45) is 0 Å². The van der Waals surface area contributed by atoms with Crippen molar-refractivity contribution < 1.29 is 23.8 Å². The van der Waals surface area contributed by atoms with Crippen molar-refractivity contribution in [3.8, 4) is 11.5 Å². The Morgan fingerprint density at radius 1 is 1.21 bits per heavy atom. The molecular weight excluding hydrogens is 454 g/mol. The van der Waals surface area contributed by atoms with Gasteiger partial charge >= 0.3 is 5.97 Å². The molecule has 0 spiro atoms. The summed E-state index contributed by atoms with van der Waals surface area (Å²) in [5.74, 6) is 0.604. The first kappa shape index (κ1) is 23.7. The molecular formula is C25H27N3O5S. The molecule has 9 heteroatoms. The highest BCUT2D eigenvalue weighted by Crippen LogP contribution is 2.26. The van der Waals surface area contributed by atoms with Crippen molar-refractivity contribution in [3.05, 3.63) is 75.7 Å². The molecule has 0 radical (unpaired) electrons. The summed E-state index contributed by atoms with van der Waals surface area (Å²) in [6, 6.07) is 12.8. The van der Waals surface area contributed by atoms with Crippen molar-refractivity contribution in [2.75, 3.05) is 26.3 Å². The van der Waals surface area contributed by atoms with E-state index >= 15 is 0 Å². The molecule has 0 fully saturated rings. The normalized spacial score (nSPS) is 13.4. The molecule has 2 N–H and O–H groups in total. The van der Waals surface area contributed by atoms with Crippen LogP contribution in [-0.2, 0) is 22.5 Å². The van der Waals surface area contributed by atoms with Crippen LogP contribution in [0.2, 0.25) is 0 Å². The molecule has 1 aliphatic heterocycles. The van der Waals surface area contributed by atoms with Crippen molar-refractivity contribution in [3.63, 3.8) is 0 Å². The minimum atomic E-state index is -0.441. The van der Waals surface area contributed by atoms with Crippen LogP contribution >= 0.6 is 11.3 Å². The summed E-state index contributed by atoms with van der Waals surface area (Å²) in [5, 5.41) is 6.34. The summed E-state index contributed by atoms with van der Waals surface area (Å²) < 4.78 is 16.5. The molecule has 0 aliphatic carbocycles. The van der Waals surface area contributed by atoms with E-state index in [1.807, 2.05) is 24.3 Å². The van der Waals surface area contributed by atoms with E-state index in [1.165, 1.54) is 10.4 Å². The number of fused-ring (bicyclic) bond motifs is 1. The Bertz CT molecular complexity index is 1080. The fourth-order valence-corrected chi connectivity index (χ4v) is 4.67. The monoisotopic (exact) mass is 481 g/mol. The smallest absolute Gasteiger partial charge is 0.344 e. The van der Waals surface area contributed by atoms with Crippen molar-refractivity contribution in [1.29, 1.82) is 0 Å². The molecule has 1 aromatic carbocycles. The Labute approximate surface area is 202 Å². The summed E-state index contributed by atoms with van der Waals surface area (Å²) in [4.78, 5) is 30.4. The molecule has 178 valence electrons. The number of amides is 1. The summed E-state index contributed by atoms with van der Waals surface area (Å²) in [5.41, 5.74) is 2.05. The summed E-state index contributed by atoms with van der Waals surface area (Å²) >= 11 is 1.55. The minimum Gasteiger partial charge on any atom is -0.482 e. The van der Waals surface area contributed by atoms with Crippen LogP contribution in [0.15, 0.2) is 54.9 Å². The third kappa shape index (κ3) is 6.33. The molecule has 3 heterocycles. The summed E-state index contributed by atoms with van der Waals surface area (Å²) in [7, 11) is 0. The molecule has 0 bridgehead atoms. The maximum Gasteiger partial charge on any atom is 0.344 e. The lowest BCUT2D eigenvalue weighted by Crippen LogP contribution is -2.30. The van der Waals surface area contributed by atoms with Gasteiger partial charge < -0.3 is 24.8 Å². The Hall–Kier alpha value is -3.43. The third-order valence-corrected chi connectivity index (χ3v) is 6.48. The number of aromatic nitrogens is 1. The van der Waals surface area contributed by atoms with Gasteiger partial charge in [0.15, 0.2) is 6.61 Å². The fraction of sp³-hybridized carbons (Fsp3) is 0.320. The minimum absolute atomic E-state index is 0.117. The van der Waals surface area contributed by atoms with E-state index in [1.54, 1.807) is 48.9 Å². The predicted octanol–water partition coefficient (Wildman–Crippen LogP) is 3.28. The van der Waals surface area contributed by atoms with E-state index in [0.29, 0.717) is 23.0 Å². The maximum absolute atomic E-state index is 12.9. The largest absolute Gasteiger partial charge is 0.482 e. The Morgan fingerprint density at radius 3 is 2.79 bits per heavy atom. The zero-order chi connectivity index (χ0) is 23.8. The van der Waals surface area contributed by atoms with E-state index in [9.17, 15) is 9.59 Å². The van der Waals surface area contributed by atoms with Gasteiger partial charge in [-0.05, 0) is 54.8 Å². The second-order valence-corrected chi connectivity index (χ2v) is 8.79. The fourth-order valence-electron chi connectivity index (χ4n) is 3.57. The Kier molecular flexibility index (Phi) is 8.11. The molecule has 1 amide bonds. The zero-order valence-electron chi connectivity index (χ0n) is 18.9. The molecule has 1 atom stereocenters. The molecule has 0 saturated heterocycles. The second-order valence-electron chi connectivity index (χ2n) is 7.65. The lowest BCUT2D eigenvalue weighted by molar-refractivity contribution is -0.145. The highest BCUT2D eigenvalue weighted by atomic mass is 32.1. The van der Waals surface area contributed by atoms with Crippen LogP contribution < -0.4 is 20.1 Å². The van der Waals surface area contributed by atoms with Gasteiger partial charge in [-0.1, -0.05) is 12.1 Å². The first-order chi connectivity index (χ1) is 16.6. The van der Waals surface area contributed by atoms with Crippen LogP contribution in [0.25, 0.3) is 0 Å². The third-order valence-electron chi connectivity index (χ3n) is 5.24. The summed E-state index contributed by atoms with van der Waals surface area (Å²) in [6.45, 7) is 3.92. The van der Waals surface area contributed by atoms with Crippen LogP contribution in [0.1, 0.15) is 38.7 Å². The molecule has 8 nitrogen and oxygen atoms in total. The van der Waals surface area contributed by atoms with E-state index in [2.05, 4.69) is 15.6 Å². The predicted molar refractivity (Wildman–Crippen MR) is 128 cm³/mol. The van der Waals surface area contributed by atoms with Crippen molar-refractivity contribution >= 4 is 23.2 Å². The van der Waals surface area contributed by atoms with Gasteiger partial charge in [-0.15, -0.1) is 11.3 Å². The maximum atomic E-state index is 12.9. The molecule has 0 saturated carbocycles. The number of ether oxygens (including phenoxy) is 3. The van der Waals surface area contributed by atoms with Gasteiger partial charge in [0.1, 0.15) is 17.6 Å². The van der Waals surface area contributed by atoms with Crippen LogP contribution in [0.3, 0.4) is 0 Å². The van der Waals surface area contributed by atoms with Gasteiger partial charge in [0.25, 0.3) is 5.91 Å². The number of carbonyl (C=O) groups excluding carboxylic acids is 2. The molecule has 2 aromatic heterocycles. The van der Waals surface area contributed by atoms with Gasteiger partial charge in [-0.25, -0.2) is 4.79 Å². The quantitative estimate of drug-likeness (QED) is 0.429. The van der Waals surface area contributed by atoms with Gasteiger partial charge in [-0.2, -0.15) is 0 Å². The first-order valence-electron chi connectivity index (χ1n) is 11.2. The molecule has 34 heavy (non-hydrogen) atoms. The van der Waals surface area contributed by atoms with Crippen molar-refractivity contribution in [2.45, 2.75) is 26.0 Å². The Balaban J connectivity index is 1.43. The standard InChI is InChI=1S/C25H27N3O5S/c1-2-31-24(29)16-32-19-7-5-17(6-8-19)21(33-20-4-3-10-26-14-20)15-28-25(30)23-12-18-13-27-11-9-22(18)34-23/h3-8,10,12,14,21,27H,2,9,11,13,15-16H2,1H3,(H,28,30).